The van der Waals surface area contributed by atoms with Crippen LogP contribution in [0.1, 0.15) is 25.3 Å². The lowest BCUT2D eigenvalue weighted by molar-refractivity contribution is -0.383. The summed E-state index contributed by atoms with van der Waals surface area (Å²) in [6.07, 6.45) is 0.704. The molecule has 1 N–H and O–H groups in total. The molecule has 30 heavy (non-hydrogen) atoms. The summed E-state index contributed by atoms with van der Waals surface area (Å²) in [6, 6.07) is 4.15. The summed E-state index contributed by atoms with van der Waals surface area (Å²) < 4.78 is 21.2. The van der Waals surface area contributed by atoms with Crippen molar-refractivity contribution in [3.05, 3.63) is 54.5 Å². The molecule has 1 aromatic heterocycles. The number of hydrogen-bond acceptors (Lipinski definition) is 6. The summed E-state index contributed by atoms with van der Waals surface area (Å²) in [6.45, 7) is 3.70. The molecule has 9 nitrogen and oxygen atoms in total. The molecule has 2 aromatic rings. The lowest BCUT2D eigenvalue weighted by atomic mass is 10.2. The number of carbonyl (C=O) groups excluding carboxylic acids is 1. The van der Waals surface area contributed by atoms with Gasteiger partial charge in [-0.2, -0.15) is 0 Å². The predicted octanol–water partition coefficient (Wildman–Crippen LogP) is 4.47. The molecule has 1 amide bonds. The molecular weight excluding hydrogens is 463 g/mol. The first-order chi connectivity index (χ1) is 14.3. The molecule has 0 unspecified atom stereocenters. The topological polar surface area (TPSA) is 107 Å². The van der Waals surface area contributed by atoms with Crippen molar-refractivity contribution in [3.63, 3.8) is 0 Å². The Balaban J connectivity index is 2.12. The molecule has 1 aromatic carbocycles. The molecule has 0 spiro atoms. The Kier molecular flexibility index (Phi) is 6.40. The molecule has 0 radical (unpaired) electrons. The quantitative estimate of drug-likeness (QED) is 0.369. The number of aromatic nitrogens is 1. The van der Waals surface area contributed by atoms with Gasteiger partial charge in [0.25, 0.3) is 5.56 Å². The number of pyridine rings is 1. The van der Waals surface area contributed by atoms with E-state index in [0.717, 1.165) is 11.3 Å². The van der Waals surface area contributed by atoms with Crippen LogP contribution in [0.3, 0.4) is 0 Å². The number of halogens is 2. The van der Waals surface area contributed by atoms with E-state index in [9.17, 15) is 24.1 Å². The van der Waals surface area contributed by atoms with Gasteiger partial charge in [0.15, 0.2) is 0 Å². The van der Waals surface area contributed by atoms with Crippen LogP contribution in [0.5, 0.6) is 0 Å². The highest BCUT2D eigenvalue weighted by molar-refractivity contribution is 9.10. The van der Waals surface area contributed by atoms with Crippen LogP contribution in [0.2, 0.25) is 0 Å². The highest BCUT2D eigenvalue weighted by atomic mass is 79.9. The van der Waals surface area contributed by atoms with Gasteiger partial charge < -0.3 is 10.1 Å². The third-order valence-electron chi connectivity index (χ3n) is 4.77. The molecule has 0 saturated carbocycles. The van der Waals surface area contributed by atoms with Crippen LogP contribution in [-0.2, 0) is 11.3 Å². The normalized spacial score (nSPS) is 12.6. The summed E-state index contributed by atoms with van der Waals surface area (Å²) in [5.74, 6) is -0.827. The predicted molar refractivity (Wildman–Crippen MR) is 113 cm³/mol. The minimum atomic E-state index is -0.762. The molecule has 1 aliphatic heterocycles. The smallest absolute Gasteiger partial charge is 0.415 e. The Hall–Kier alpha value is -2.95. The molecule has 1 aliphatic rings. The van der Waals surface area contributed by atoms with E-state index in [2.05, 4.69) is 21.2 Å². The van der Waals surface area contributed by atoms with Crippen molar-refractivity contribution in [2.24, 2.45) is 0 Å². The monoisotopic (exact) mass is 482 g/mol. The van der Waals surface area contributed by atoms with Crippen LogP contribution in [0.15, 0.2) is 27.5 Å². The number of carbonyl (C=O) groups is 1. The van der Waals surface area contributed by atoms with Crippen molar-refractivity contribution in [2.75, 3.05) is 23.4 Å². The standard InChI is InChI=1S/C19H20BrFN4O5/c1-3-4-9-30-19(27)24-8-7-23-17(24)16(25(28)29)15(11(2)18(23)26)22-14-6-5-12(20)10-13(14)21/h5-6,10,22H,3-4,7-9H2,1-2H3. The minimum Gasteiger partial charge on any atom is -0.449 e. The first-order valence-electron chi connectivity index (χ1n) is 9.34. The largest absolute Gasteiger partial charge is 0.449 e. The molecule has 160 valence electrons. The van der Waals surface area contributed by atoms with Gasteiger partial charge in [-0.15, -0.1) is 0 Å². The van der Waals surface area contributed by atoms with E-state index < -0.39 is 28.1 Å². The number of hydrogen-bond donors (Lipinski definition) is 1. The second-order valence-corrected chi connectivity index (χ2v) is 7.67. The number of amides is 1. The number of fused-ring (bicyclic) bond motifs is 1. The van der Waals surface area contributed by atoms with Gasteiger partial charge in [0.1, 0.15) is 11.5 Å². The van der Waals surface area contributed by atoms with Crippen LogP contribution in [-0.4, -0.2) is 28.7 Å². The molecular formula is C19H20BrFN4O5. The molecule has 3 rings (SSSR count). The summed E-state index contributed by atoms with van der Waals surface area (Å²) in [7, 11) is 0. The highest BCUT2D eigenvalue weighted by Gasteiger charge is 2.38. The van der Waals surface area contributed by atoms with Crippen molar-refractivity contribution in [1.29, 1.82) is 0 Å². The number of benzene rings is 1. The van der Waals surface area contributed by atoms with Crippen LogP contribution >= 0.6 is 15.9 Å². The van der Waals surface area contributed by atoms with E-state index in [1.54, 1.807) is 6.07 Å². The zero-order valence-electron chi connectivity index (χ0n) is 16.4. The van der Waals surface area contributed by atoms with Crippen LogP contribution < -0.4 is 15.8 Å². The molecule has 0 saturated heterocycles. The van der Waals surface area contributed by atoms with E-state index in [1.165, 1.54) is 23.6 Å². The lowest BCUT2D eigenvalue weighted by Gasteiger charge is -2.19. The van der Waals surface area contributed by atoms with E-state index in [-0.39, 0.29) is 42.5 Å². The molecule has 0 atom stereocenters. The summed E-state index contributed by atoms with van der Waals surface area (Å²) >= 11 is 3.15. The van der Waals surface area contributed by atoms with Gasteiger partial charge >= 0.3 is 11.8 Å². The highest BCUT2D eigenvalue weighted by Crippen LogP contribution is 2.40. The number of unbranched alkanes of at least 4 members (excludes halogenated alkanes) is 1. The Morgan fingerprint density at radius 3 is 2.77 bits per heavy atom. The Labute approximate surface area is 179 Å². The first kappa shape index (κ1) is 21.8. The van der Waals surface area contributed by atoms with Gasteiger partial charge in [-0.05, 0) is 31.5 Å². The zero-order valence-corrected chi connectivity index (χ0v) is 18.0. The number of ether oxygens (including phenoxy) is 1. The average Bonchev–Trinajstić information content (AvgIpc) is 3.12. The van der Waals surface area contributed by atoms with Gasteiger partial charge in [0, 0.05) is 23.1 Å². The maximum absolute atomic E-state index is 14.3. The SMILES string of the molecule is CCCCOC(=O)N1CCn2c1c([N+](=O)[O-])c(Nc1ccc(Br)cc1F)c(C)c2=O. The van der Waals surface area contributed by atoms with Crippen molar-refractivity contribution in [1.82, 2.24) is 4.57 Å². The first-order valence-corrected chi connectivity index (χ1v) is 10.1. The Morgan fingerprint density at radius 2 is 2.13 bits per heavy atom. The van der Waals surface area contributed by atoms with Gasteiger partial charge in [0.2, 0.25) is 5.82 Å². The minimum absolute atomic E-state index is 0.0381. The maximum Gasteiger partial charge on any atom is 0.415 e. The fourth-order valence-electron chi connectivity index (χ4n) is 3.22. The van der Waals surface area contributed by atoms with Gasteiger partial charge in [-0.3, -0.25) is 24.4 Å². The Morgan fingerprint density at radius 1 is 1.40 bits per heavy atom. The van der Waals surface area contributed by atoms with Gasteiger partial charge in [-0.25, -0.2) is 9.18 Å². The number of nitrogens with zero attached hydrogens (tertiary/aromatic N) is 3. The summed E-state index contributed by atoms with van der Waals surface area (Å²) in [4.78, 5) is 37.7. The second-order valence-electron chi connectivity index (χ2n) is 6.75. The number of anilines is 3. The van der Waals surface area contributed by atoms with Crippen LogP contribution in [0.4, 0.5) is 32.1 Å². The lowest BCUT2D eigenvalue weighted by Crippen LogP contribution is -2.31. The number of rotatable bonds is 6. The molecule has 0 aliphatic carbocycles. The van der Waals surface area contributed by atoms with Gasteiger partial charge in [0.05, 0.1) is 17.2 Å². The maximum atomic E-state index is 14.3. The molecule has 0 bridgehead atoms. The molecule has 2 heterocycles. The summed E-state index contributed by atoms with van der Waals surface area (Å²) in [5.41, 5.74) is -1.14. The van der Waals surface area contributed by atoms with Crippen molar-refractivity contribution < 1.29 is 18.8 Å². The zero-order chi connectivity index (χ0) is 22.0. The third kappa shape index (κ3) is 4.02. The average molecular weight is 483 g/mol. The fraction of sp³-hybridized carbons (Fsp3) is 0.368. The van der Waals surface area contributed by atoms with Crippen LogP contribution in [0, 0.1) is 22.9 Å². The number of nitro groups is 1. The molecule has 11 heteroatoms. The Bertz CT molecular complexity index is 1070. The molecule has 0 fully saturated rings. The number of nitrogens with one attached hydrogen (secondary N) is 1. The summed E-state index contributed by atoms with van der Waals surface area (Å²) in [5, 5.41) is 14.6. The second kappa shape index (κ2) is 8.82. The van der Waals surface area contributed by atoms with Crippen molar-refractivity contribution in [3.8, 4) is 0 Å². The third-order valence-corrected chi connectivity index (χ3v) is 5.26. The van der Waals surface area contributed by atoms with Crippen molar-refractivity contribution in [2.45, 2.75) is 33.2 Å². The van der Waals surface area contributed by atoms with E-state index in [1.807, 2.05) is 6.92 Å². The fourth-order valence-corrected chi connectivity index (χ4v) is 3.55. The van der Waals surface area contributed by atoms with Crippen molar-refractivity contribution >= 4 is 44.9 Å². The van der Waals surface area contributed by atoms with Gasteiger partial charge in [-0.1, -0.05) is 29.3 Å². The van der Waals surface area contributed by atoms with E-state index in [4.69, 9.17) is 4.74 Å². The van der Waals surface area contributed by atoms with E-state index in [0.29, 0.717) is 10.9 Å². The van der Waals surface area contributed by atoms with Crippen LogP contribution in [0.25, 0.3) is 0 Å². The van der Waals surface area contributed by atoms with E-state index >= 15 is 0 Å².